The Morgan fingerprint density at radius 1 is 1.25 bits per heavy atom. The van der Waals surface area contributed by atoms with Crippen LogP contribution in [-0.4, -0.2) is 25.7 Å². The van der Waals surface area contributed by atoms with Gasteiger partial charge in [0, 0.05) is 24.6 Å². The number of furan rings is 1. The molecule has 0 saturated carbocycles. The molecule has 104 valence electrons. The lowest BCUT2D eigenvalue weighted by Crippen LogP contribution is -2.29. The van der Waals surface area contributed by atoms with Gasteiger partial charge in [-0.25, -0.2) is 0 Å². The molecule has 4 nitrogen and oxygen atoms in total. The number of carbonyl (C=O) groups excluding carboxylic acids is 1. The molecular weight excluding hydrogens is 254 g/mol. The van der Waals surface area contributed by atoms with Crippen molar-refractivity contribution in [3.63, 3.8) is 0 Å². The molecule has 1 saturated heterocycles. The summed E-state index contributed by atoms with van der Waals surface area (Å²) in [5.74, 6) is 0.616. The average molecular weight is 271 g/mol. The Kier molecular flexibility index (Phi) is 3.83. The predicted molar refractivity (Wildman–Crippen MR) is 75.4 cm³/mol. The van der Waals surface area contributed by atoms with Gasteiger partial charge < -0.3 is 14.5 Å². The molecular formula is C16H17NO3. The van der Waals surface area contributed by atoms with Crippen LogP contribution >= 0.6 is 0 Å². The molecule has 1 atom stereocenters. The molecule has 2 aromatic rings. The average Bonchev–Trinajstić information content (AvgIpc) is 3.17. The van der Waals surface area contributed by atoms with E-state index < -0.39 is 0 Å². The number of benzene rings is 1. The molecule has 0 aliphatic carbocycles. The summed E-state index contributed by atoms with van der Waals surface area (Å²) in [6, 6.07) is 11.6. The first kappa shape index (κ1) is 12.9. The van der Waals surface area contributed by atoms with Crippen LogP contribution in [-0.2, 0) is 4.74 Å². The highest BCUT2D eigenvalue weighted by Gasteiger charge is 2.20. The predicted octanol–water partition coefficient (Wildman–Crippen LogP) is 2.71. The lowest BCUT2D eigenvalue weighted by molar-refractivity contribution is 0.0918. The maximum atomic E-state index is 12.2. The van der Waals surface area contributed by atoms with Crippen molar-refractivity contribution in [2.75, 3.05) is 19.8 Å². The van der Waals surface area contributed by atoms with Gasteiger partial charge in [-0.15, -0.1) is 0 Å². The van der Waals surface area contributed by atoms with E-state index >= 15 is 0 Å². The van der Waals surface area contributed by atoms with Crippen molar-refractivity contribution in [1.29, 1.82) is 0 Å². The monoisotopic (exact) mass is 271 g/mol. The summed E-state index contributed by atoms with van der Waals surface area (Å²) < 4.78 is 10.7. The minimum atomic E-state index is -0.166. The number of rotatable bonds is 4. The Balaban J connectivity index is 1.70. The van der Waals surface area contributed by atoms with E-state index in [0.29, 0.717) is 18.2 Å². The Labute approximate surface area is 117 Å². The van der Waals surface area contributed by atoms with Gasteiger partial charge in [0.05, 0.1) is 12.9 Å². The SMILES string of the molecule is O=C(NCC1CCOC1)c1occc1-c1ccccc1. The van der Waals surface area contributed by atoms with E-state index in [1.54, 1.807) is 6.26 Å². The highest BCUT2D eigenvalue weighted by molar-refractivity contribution is 5.98. The third kappa shape index (κ3) is 2.75. The number of carbonyl (C=O) groups is 1. The molecule has 1 amide bonds. The van der Waals surface area contributed by atoms with Gasteiger partial charge in [0.2, 0.25) is 0 Å². The van der Waals surface area contributed by atoms with Gasteiger partial charge in [-0.2, -0.15) is 0 Å². The maximum Gasteiger partial charge on any atom is 0.287 e. The van der Waals surface area contributed by atoms with Crippen molar-refractivity contribution < 1.29 is 13.9 Å². The second-order valence-electron chi connectivity index (χ2n) is 4.97. The fourth-order valence-electron chi connectivity index (χ4n) is 2.39. The van der Waals surface area contributed by atoms with Crippen molar-refractivity contribution in [2.45, 2.75) is 6.42 Å². The number of nitrogens with one attached hydrogen (secondary N) is 1. The molecule has 0 bridgehead atoms. The van der Waals surface area contributed by atoms with Gasteiger partial charge >= 0.3 is 0 Å². The Morgan fingerprint density at radius 2 is 2.10 bits per heavy atom. The molecule has 0 radical (unpaired) electrons. The number of ether oxygens (including phenoxy) is 1. The largest absolute Gasteiger partial charge is 0.459 e. The third-order valence-corrected chi connectivity index (χ3v) is 3.53. The Morgan fingerprint density at radius 3 is 2.85 bits per heavy atom. The summed E-state index contributed by atoms with van der Waals surface area (Å²) in [6.07, 6.45) is 2.56. The normalized spacial score (nSPS) is 18.1. The zero-order valence-electron chi connectivity index (χ0n) is 11.2. The minimum absolute atomic E-state index is 0.166. The third-order valence-electron chi connectivity index (χ3n) is 3.53. The molecule has 1 unspecified atom stereocenters. The summed E-state index contributed by atoms with van der Waals surface area (Å²) in [5.41, 5.74) is 1.81. The van der Waals surface area contributed by atoms with Crippen LogP contribution in [0.25, 0.3) is 11.1 Å². The molecule has 2 heterocycles. The highest BCUT2D eigenvalue weighted by atomic mass is 16.5. The molecule has 1 aliphatic heterocycles. The van der Waals surface area contributed by atoms with E-state index in [9.17, 15) is 4.79 Å². The van der Waals surface area contributed by atoms with E-state index in [2.05, 4.69) is 5.32 Å². The first-order valence-corrected chi connectivity index (χ1v) is 6.83. The van der Waals surface area contributed by atoms with E-state index in [1.165, 1.54) is 0 Å². The number of amides is 1. The van der Waals surface area contributed by atoms with Crippen LogP contribution in [0.4, 0.5) is 0 Å². The highest BCUT2D eigenvalue weighted by Crippen LogP contribution is 2.24. The molecule has 4 heteroatoms. The summed E-state index contributed by atoms with van der Waals surface area (Å²) in [6.45, 7) is 2.15. The molecule has 1 aliphatic rings. The van der Waals surface area contributed by atoms with E-state index in [-0.39, 0.29) is 5.91 Å². The van der Waals surface area contributed by atoms with Crippen LogP contribution in [0.2, 0.25) is 0 Å². The Hall–Kier alpha value is -2.07. The van der Waals surface area contributed by atoms with Crippen molar-refractivity contribution >= 4 is 5.91 Å². The van der Waals surface area contributed by atoms with Gasteiger partial charge in [-0.1, -0.05) is 30.3 Å². The lowest BCUT2D eigenvalue weighted by Gasteiger charge is -2.09. The summed E-state index contributed by atoms with van der Waals surface area (Å²) >= 11 is 0. The van der Waals surface area contributed by atoms with Crippen LogP contribution in [0.1, 0.15) is 17.0 Å². The maximum absolute atomic E-state index is 12.2. The quantitative estimate of drug-likeness (QED) is 0.930. The van der Waals surface area contributed by atoms with Crippen LogP contribution in [0, 0.1) is 5.92 Å². The van der Waals surface area contributed by atoms with Gasteiger partial charge in [0.15, 0.2) is 5.76 Å². The molecule has 1 fully saturated rings. The second-order valence-corrected chi connectivity index (χ2v) is 4.97. The van der Waals surface area contributed by atoms with E-state index in [0.717, 1.165) is 30.8 Å². The summed E-state index contributed by atoms with van der Waals surface area (Å²) in [4.78, 5) is 12.2. The van der Waals surface area contributed by atoms with Crippen molar-refractivity contribution in [1.82, 2.24) is 5.32 Å². The van der Waals surface area contributed by atoms with Crippen LogP contribution < -0.4 is 5.32 Å². The molecule has 1 N–H and O–H groups in total. The van der Waals surface area contributed by atoms with Gasteiger partial charge in [-0.05, 0) is 18.1 Å². The van der Waals surface area contributed by atoms with Crippen LogP contribution in [0.15, 0.2) is 47.1 Å². The molecule has 1 aromatic heterocycles. The lowest BCUT2D eigenvalue weighted by atomic mass is 10.1. The van der Waals surface area contributed by atoms with Gasteiger partial charge in [0.25, 0.3) is 5.91 Å². The van der Waals surface area contributed by atoms with Crippen molar-refractivity contribution in [2.24, 2.45) is 5.92 Å². The summed E-state index contributed by atoms with van der Waals surface area (Å²) in [7, 11) is 0. The van der Waals surface area contributed by atoms with Gasteiger partial charge in [0.1, 0.15) is 0 Å². The Bertz CT molecular complexity index is 570. The standard InChI is InChI=1S/C16H17NO3/c18-16(17-10-12-6-8-19-11-12)15-14(7-9-20-15)13-4-2-1-3-5-13/h1-5,7,9,12H,6,8,10-11H2,(H,17,18). The molecule has 1 aromatic carbocycles. The molecule has 3 rings (SSSR count). The first-order valence-electron chi connectivity index (χ1n) is 6.83. The summed E-state index contributed by atoms with van der Waals surface area (Å²) in [5, 5.41) is 2.92. The van der Waals surface area contributed by atoms with Gasteiger partial charge in [-0.3, -0.25) is 4.79 Å². The molecule has 0 spiro atoms. The van der Waals surface area contributed by atoms with Crippen molar-refractivity contribution in [3.8, 4) is 11.1 Å². The van der Waals surface area contributed by atoms with Crippen molar-refractivity contribution in [3.05, 3.63) is 48.4 Å². The minimum Gasteiger partial charge on any atom is -0.459 e. The van der Waals surface area contributed by atoms with Crippen LogP contribution in [0.3, 0.4) is 0 Å². The second kappa shape index (κ2) is 5.92. The topological polar surface area (TPSA) is 51.5 Å². The van der Waals surface area contributed by atoms with E-state index in [4.69, 9.17) is 9.15 Å². The molecule has 20 heavy (non-hydrogen) atoms. The zero-order valence-corrected chi connectivity index (χ0v) is 11.2. The smallest absolute Gasteiger partial charge is 0.287 e. The van der Waals surface area contributed by atoms with Crippen LogP contribution in [0.5, 0.6) is 0 Å². The number of hydrogen-bond donors (Lipinski definition) is 1. The number of hydrogen-bond acceptors (Lipinski definition) is 3. The fraction of sp³-hybridized carbons (Fsp3) is 0.312. The van der Waals surface area contributed by atoms with E-state index in [1.807, 2.05) is 36.4 Å². The fourth-order valence-corrected chi connectivity index (χ4v) is 2.39. The zero-order chi connectivity index (χ0) is 13.8. The first-order chi connectivity index (χ1) is 9.84.